The highest BCUT2D eigenvalue weighted by Gasteiger charge is 2.18. The molecule has 0 aromatic rings. The van der Waals surface area contributed by atoms with Gasteiger partial charge in [-0.15, -0.1) is 0 Å². The van der Waals surface area contributed by atoms with E-state index in [1.807, 2.05) is 6.08 Å². The summed E-state index contributed by atoms with van der Waals surface area (Å²) in [5, 5.41) is 23.3. The molecule has 0 saturated carbocycles. The van der Waals surface area contributed by atoms with Crippen molar-refractivity contribution in [3.8, 4) is 0 Å². The standard InChI is InChI=1S/C78H147NO5/c1-3-5-7-9-11-13-15-17-18-19-20-21-34-37-40-43-47-50-54-58-62-66-70-76(81)75(74-80)79-77(82)71-67-63-59-55-51-48-44-41-38-35-32-30-28-26-24-22-23-25-27-29-31-33-36-39-42-45-49-53-57-61-65-69-73-84-78(83)72-68-64-60-56-52-46-16-14-12-10-8-6-4-2/h8,10,14,16,25,27,66,70,75-76,80-81H,3-7,9,11-13,15,17-24,26,28-65,67-69,71-74H2,1-2H3,(H,79,82)/b10-8-,16-14-,27-25-,70-66+. The molecule has 84 heavy (non-hydrogen) atoms. The third-order valence-electron chi connectivity index (χ3n) is 17.5. The van der Waals surface area contributed by atoms with Crippen molar-refractivity contribution < 1.29 is 24.5 Å². The lowest BCUT2D eigenvalue weighted by Crippen LogP contribution is -2.45. The van der Waals surface area contributed by atoms with Gasteiger partial charge in [-0.25, -0.2) is 0 Å². The zero-order valence-corrected chi connectivity index (χ0v) is 56.6. The van der Waals surface area contributed by atoms with Crippen molar-refractivity contribution in [3.05, 3.63) is 48.6 Å². The molecule has 0 heterocycles. The van der Waals surface area contributed by atoms with E-state index in [1.165, 1.54) is 334 Å². The maximum absolute atomic E-state index is 12.5. The number of unbranched alkanes of at least 4 members (excludes halogenated alkanes) is 54. The minimum Gasteiger partial charge on any atom is -0.466 e. The van der Waals surface area contributed by atoms with Crippen LogP contribution in [0, 0.1) is 0 Å². The second-order valence-corrected chi connectivity index (χ2v) is 26.0. The van der Waals surface area contributed by atoms with Crippen LogP contribution in [0.15, 0.2) is 48.6 Å². The normalized spacial score (nSPS) is 12.8. The number of aliphatic hydroxyl groups excluding tert-OH is 2. The molecule has 2 atom stereocenters. The summed E-state index contributed by atoms with van der Waals surface area (Å²) in [6.07, 6.45) is 96.5. The van der Waals surface area contributed by atoms with E-state index in [0.717, 1.165) is 51.4 Å². The molecule has 0 aromatic heterocycles. The highest BCUT2D eigenvalue weighted by Crippen LogP contribution is 2.19. The highest BCUT2D eigenvalue weighted by molar-refractivity contribution is 5.76. The summed E-state index contributed by atoms with van der Waals surface area (Å²) in [6, 6.07) is -0.628. The van der Waals surface area contributed by atoms with Gasteiger partial charge in [-0.2, -0.15) is 0 Å². The number of hydrogen-bond acceptors (Lipinski definition) is 5. The maximum atomic E-state index is 12.5. The third kappa shape index (κ3) is 68.9. The van der Waals surface area contributed by atoms with Gasteiger partial charge in [0.2, 0.25) is 5.91 Å². The molecule has 0 spiro atoms. The van der Waals surface area contributed by atoms with Crippen molar-refractivity contribution in [3.63, 3.8) is 0 Å². The Morgan fingerprint density at radius 1 is 0.333 bits per heavy atom. The number of aliphatic hydroxyl groups is 2. The zero-order valence-electron chi connectivity index (χ0n) is 56.6. The number of amides is 1. The Balaban J connectivity index is 3.39. The lowest BCUT2D eigenvalue weighted by molar-refractivity contribution is -0.143. The van der Waals surface area contributed by atoms with Gasteiger partial charge in [0.25, 0.3) is 0 Å². The molecule has 0 fully saturated rings. The third-order valence-corrected chi connectivity index (χ3v) is 17.5. The summed E-state index contributed by atoms with van der Waals surface area (Å²) in [5.41, 5.74) is 0. The Morgan fingerprint density at radius 3 is 0.964 bits per heavy atom. The Kier molecular flexibility index (Phi) is 71.4. The highest BCUT2D eigenvalue weighted by atomic mass is 16.5. The van der Waals surface area contributed by atoms with Crippen LogP contribution in [-0.4, -0.2) is 47.4 Å². The van der Waals surface area contributed by atoms with E-state index in [9.17, 15) is 19.8 Å². The SMILES string of the molecule is CCC/C=C\C/C=C\CCCCCCCC(=O)OCCCCCCCCCCCCCC/C=C\CCCCCCCCCCCCCCCCCCC(=O)NC(CO)C(O)/C=C/CCCCCCCCCCCCCCCCCCCCCC. The Labute approximate surface area is 525 Å². The number of hydrogen-bond donors (Lipinski definition) is 3. The maximum Gasteiger partial charge on any atom is 0.305 e. The van der Waals surface area contributed by atoms with Crippen molar-refractivity contribution >= 4 is 11.9 Å². The lowest BCUT2D eigenvalue weighted by Gasteiger charge is -2.20. The topological polar surface area (TPSA) is 95.9 Å². The van der Waals surface area contributed by atoms with E-state index in [1.54, 1.807) is 6.08 Å². The van der Waals surface area contributed by atoms with E-state index in [4.69, 9.17) is 4.74 Å². The van der Waals surface area contributed by atoms with Crippen LogP contribution >= 0.6 is 0 Å². The summed E-state index contributed by atoms with van der Waals surface area (Å²) in [7, 11) is 0. The second-order valence-electron chi connectivity index (χ2n) is 26.0. The predicted molar refractivity (Wildman–Crippen MR) is 370 cm³/mol. The molecule has 494 valence electrons. The first-order valence-electron chi connectivity index (χ1n) is 37.9. The average Bonchev–Trinajstić information content (AvgIpc) is 3.51. The fraction of sp³-hybridized carbons (Fsp3) is 0.872. The Hall–Kier alpha value is -2.18. The van der Waals surface area contributed by atoms with Crippen molar-refractivity contribution in [1.29, 1.82) is 0 Å². The molecule has 1 amide bonds. The average molecular weight is 1180 g/mol. The first kappa shape index (κ1) is 81.8. The van der Waals surface area contributed by atoms with Crippen LogP contribution in [0.1, 0.15) is 412 Å². The molecule has 2 unspecified atom stereocenters. The lowest BCUT2D eigenvalue weighted by atomic mass is 10.0. The summed E-state index contributed by atoms with van der Waals surface area (Å²) in [5.74, 6) is -0.0586. The fourth-order valence-corrected chi connectivity index (χ4v) is 11.8. The number of carbonyl (C=O) groups excluding carboxylic acids is 2. The van der Waals surface area contributed by atoms with Crippen molar-refractivity contribution in [2.45, 2.75) is 424 Å². The molecule has 0 aliphatic carbocycles. The van der Waals surface area contributed by atoms with E-state index in [0.29, 0.717) is 19.4 Å². The first-order chi connectivity index (χ1) is 41.5. The molecule has 0 aromatic carbocycles. The van der Waals surface area contributed by atoms with Crippen LogP contribution < -0.4 is 5.32 Å². The largest absolute Gasteiger partial charge is 0.466 e. The van der Waals surface area contributed by atoms with Gasteiger partial charge in [0, 0.05) is 12.8 Å². The molecule has 6 heteroatoms. The number of esters is 1. The molecule has 0 radical (unpaired) electrons. The molecular weight excluding hydrogens is 1030 g/mol. The molecule has 0 aliphatic rings. The monoisotopic (exact) mass is 1180 g/mol. The number of rotatable bonds is 71. The molecule has 0 rings (SSSR count). The van der Waals surface area contributed by atoms with Crippen LogP contribution in [0.25, 0.3) is 0 Å². The van der Waals surface area contributed by atoms with E-state index in [2.05, 4.69) is 55.6 Å². The molecule has 3 N–H and O–H groups in total. The quantitative estimate of drug-likeness (QED) is 0.0320. The zero-order chi connectivity index (χ0) is 60.6. The minimum atomic E-state index is -0.844. The number of allylic oxidation sites excluding steroid dienone is 7. The number of carbonyl (C=O) groups is 2. The Morgan fingerprint density at radius 2 is 0.619 bits per heavy atom. The van der Waals surface area contributed by atoms with Crippen LogP contribution in [0.3, 0.4) is 0 Å². The summed E-state index contributed by atoms with van der Waals surface area (Å²) in [6.45, 7) is 4.87. The van der Waals surface area contributed by atoms with Crippen molar-refractivity contribution in [2.75, 3.05) is 13.2 Å². The van der Waals surface area contributed by atoms with Gasteiger partial charge in [-0.3, -0.25) is 9.59 Å². The fourth-order valence-electron chi connectivity index (χ4n) is 11.8. The molecule has 6 nitrogen and oxygen atoms in total. The minimum absolute atomic E-state index is 0.00275. The van der Waals surface area contributed by atoms with Gasteiger partial charge >= 0.3 is 5.97 Å². The van der Waals surface area contributed by atoms with Gasteiger partial charge < -0.3 is 20.3 Å². The smallest absolute Gasteiger partial charge is 0.305 e. The van der Waals surface area contributed by atoms with Crippen molar-refractivity contribution in [2.24, 2.45) is 0 Å². The van der Waals surface area contributed by atoms with Gasteiger partial charge in [-0.05, 0) is 83.5 Å². The molecule has 0 saturated heterocycles. The van der Waals surface area contributed by atoms with Crippen molar-refractivity contribution in [1.82, 2.24) is 5.32 Å². The van der Waals surface area contributed by atoms with Crippen LogP contribution in [0.5, 0.6) is 0 Å². The van der Waals surface area contributed by atoms with Gasteiger partial charge in [0.05, 0.1) is 25.4 Å². The van der Waals surface area contributed by atoms with E-state index >= 15 is 0 Å². The molecule has 0 bridgehead atoms. The summed E-state index contributed by atoms with van der Waals surface area (Å²) >= 11 is 0. The number of ether oxygens (including phenoxy) is 1. The Bertz CT molecular complexity index is 1400. The predicted octanol–water partition coefficient (Wildman–Crippen LogP) is 24.8. The van der Waals surface area contributed by atoms with Gasteiger partial charge in [0.15, 0.2) is 0 Å². The molecule has 0 aliphatic heterocycles. The van der Waals surface area contributed by atoms with Gasteiger partial charge in [-0.1, -0.05) is 364 Å². The van der Waals surface area contributed by atoms with Gasteiger partial charge in [0.1, 0.15) is 0 Å². The van der Waals surface area contributed by atoms with E-state index < -0.39 is 12.1 Å². The number of nitrogens with one attached hydrogen (secondary N) is 1. The summed E-state index contributed by atoms with van der Waals surface area (Å²) in [4.78, 5) is 24.6. The molecular formula is C78H147NO5. The van der Waals surface area contributed by atoms with Crippen LogP contribution in [0.2, 0.25) is 0 Å². The van der Waals surface area contributed by atoms with Crippen LogP contribution in [-0.2, 0) is 14.3 Å². The summed E-state index contributed by atoms with van der Waals surface area (Å²) < 4.78 is 5.48. The van der Waals surface area contributed by atoms with Crippen LogP contribution in [0.4, 0.5) is 0 Å². The second kappa shape index (κ2) is 73.3. The first-order valence-corrected chi connectivity index (χ1v) is 37.9. The van der Waals surface area contributed by atoms with E-state index in [-0.39, 0.29) is 18.5 Å².